The maximum atomic E-state index is 13.0. The molecule has 1 nitrogen and oxygen atoms in total. The molecule has 0 aliphatic heterocycles. The van der Waals surface area contributed by atoms with Crippen LogP contribution in [0.15, 0.2) is 42.5 Å². The van der Waals surface area contributed by atoms with E-state index in [4.69, 9.17) is 28.9 Å². The predicted molar refractivity (Wildman–Crippen MR) is 78.5 cm³/mol. The van der Waals surface area contributed by atoms with Crippen LogP contribution >= 0.6 is 23.2 Å². The van der Waals surface area contributed by atoms with Crippen LogP contribution in [0.25, 0.3) is 0 Å². The normalized spacial score (nSPS) is 13.2. The first kappa shape index (κ1) is 16.1. The molecular weight excluding hydrogens is 322 g/mol. The van der Waals surface area contributed by atoms with Gasteiger partial charge < -0.3 is 5.73 Å². The van der Waals surface area contributed by atoms with Crippen LogP contribution in [0.4, 0.5) is 13.2 Å². The van der Waals surface area contributed by atoms with Gasteiger partial charge in [-0.1, -0.05) is 47.5 Å². The molecule has 0 aromatic heterocycles. The maximum Gasteiger partial charge on any atom is 0.416 e. The Hall–Kier alpha value is -1.23. The Bertz CT molecular complexity index is 641. The van der Waals surface area contributed by atoms with Crippen molar-refractivity contribution in [1.82, 2.24) is 0 Å². The van der Waals surface area contributed by atoms with E-state index in [1.807, 2.05) is 0 Å². The Morgan fingerprint density at radius 1 is 1.00 bits per heavy atom. The number of hydrogen-bond acceptors (Lipinski definition) is 1. The SMILES string of the molecule is NC(Cc1ccc(Cl)c(Cl)c1)c1ccccc1C(F)(F)F. The minimum Gasteiger partial charge on any atom is -0.324 e. The Kier molecular flexibility index (Phi) is 4.81. The standard InChI is InChI=1S/C15H12Cl2F3N/c16-12-6-5-9(7-13(12)17)8-14(21)10-3-1-2-4-11(10)15(18,19)20/h1-7,14H,8,21H2. The van der Waals surface area contributed by atoms with Crippen LogP contribution in [0.5, 0.6) is 0 Å². The van der Waals surface area contributed by atoms with Crippen LogP contribution in [0.3, 0.4) is 0 Å². The highest BCUT2D eigenvalue weighted by molar-refractivity contribution is 6.42. The van der Waals surface area contributed by atoms with Crippen LogP contribution in [-0.4, -0.2) is 0 Å². The minimum absolute atomic E-state index is 0.0658. The van der Waals surface area contributed by atoms with Crippen molar-refractivity contribution in [3.8, 4) is 0 Å². The van der Waals surface area contributed by atoms with Gasteiger partial charge in [0.2, 0.25) is 0 Å². The molecule has 1 unspecified atom stereocenters. The monoisotopic (exact) mass is 333 g/mol. The third-order valence-corrected chi connectivity index (χ3v) is 3.84. The van der Waals surface area contributed by atoms with Gasteiger partial charge in [0.15, 0.2) is 0 Å². The Morgan fingerprint density at radius 3 is 2.29 bits per heavy atom. The number of alkyl halides is 3. The van der Waals surface area contributed by atoms with Gasteiger partial charge in [0.1, 0.15) is 0 Å². The van der Waals surface area contributed by atoms with Gasteiger partial charge >= 0.3 is 6.18 Å². The van der Waals surface area contributed by atoms with Crippen LogP contribution in [0.1, 0.15) is 22.7 Å². The average molecular weight is 334 g/mol. The molecule has 21 heavy (non-hydrogen) atoms. The van der Waals surface area contributed by atoms with Crippen molar-refractivity contribution >= 4 is 23.2 Å². The smallest absolute Gasteiger partial charge is 0.324 e. The zero-order valence-corrected chi connectivity index (χ0v) is 12.3. The first-order valence-electron chi connectivity index (χ1n) is 6.14. The summed E-state index contributed by atoms with van der Waals surface area (Å²) in [6.07, 6.45) is -4.18. The minimum atomic E-state index is -4.42. The fourth-order valence-corrected chi connectivity index (χ4v) is 2.43. The predicted octanol–water partition coefficient (Wildman–Crippen LogP) is 5.25. The number of rotatable bonds is 3. The van der Waals surface area contributed by atoms with Crippen LogP contribution in [-0.2, 0) is 12.6 Å². The number of hydrogen-bond donors (Lipinski definition) is 1. The third kappa shape index (κ3) is 3.90. The summed E-state index contributed by atoms with van der Waals surface area (Å²) in [7, 11) is 0. The van der Waals surface area contributed by atoms with Crippen molar-refractivity contribution in [2.24, 2.45) is 5.73 Å². The number of nitrogens with two attached hydrogens (primary N) is 1. The van der Waals surface area contributed by atoms with Crippen molar-refractivity contribution < 1.29 is 13.2 Å². The van der Waals surface area contributed by atoms with E-state index in [0.29, 0.717) is 10.0 Å². The molecule has 0 saturated heterocycles. The number of benzene rings is 2. The Morgan fingerprint density at radius 2 is 1.67 bits per heavy atom. The lowest BCUT2D eigenvalue weighted by atomic mass is 9.95. The third-order valence-electron chi connectivity index (χ3n) is 3.11. The molecule has 0 saturated carbocycles. The van der Waals surface area contributed by atoms with Crippen molar-refractivity contribution in [3.63, 3.8) is 0 Å². The van der Waals surface area contributed by atoms with E-state index < -0.39 is 17.8 Å². The van der Waals surface area contributed by atoms with E-state index >= 15 is 0 Å². The van der Waals surface area contributed by atoms with E-state index in [-0.39, 0.29) is 12.0 Å². The second-order valence-electron chi connectivity index (χ2n) is 4.64. The molecule has 2 aromatic rings. The van der Waals surface area contributed by atoms with Gasteiger partial charge in [0.25, 0.3) is 0 Å². The van der Waals surface area contributed by atoms with Gasteiger partial charge in [-0.25, -0.2) is 0 Å². The summed E-state index contributed by atoms with van der Waals surface area (Å²) in [6.45, 7) is 0. The van der Waals surface area contributed by atoms with Gasteiger partial charge in [-0.2, -0.15) is 13.2 Å². The van der Waals surface area contributed by atoms with E-state index in [1.54, 1.807) is 24.3 Å². The summed E-state index contributed by atoms with van der Waals surface area (Å²) in [5, 5.41) is 0.746. The summed E-state index contributed by atoms with van der Waals surface area (Å²) in [5.41, 5.74) is 6.02. The van der Waals surface area contributed by atoms with Crippen LogP contribution in [0, 0.1) is 0 Å². The van der Waals surface area contributed by atoms with Crippen molar-refractivity contribution in [3.05, 3.63) is 69.2 Å². The van der Waals surface area contributed by atoms with Crippen molar-refractivity contribution in [2.45, 2.75) is 18.6 Å². The zero-order valence-electron chi connectivity index (χ0n) is 10.8. The summed E-state index contributed by atoms with van der Waals surface area (Å²) in [5.74, 6) is 0. The topological polar surface area (TPSA) is 26.0 Å². The molecule has 2 aromatic carbocycles. The van der Waals surface area contributed by atoms with Gasteiger partial charge in [0, 0.05) is 6.04 Å². The first-order chi connectivity index (χ1) is 9.79. The van der Waals surface area contributed by atoms with Gasteiger partial charge in [-0.05, 0) is 35.7 Å². The van der Waals surface area contributed by atoms with Gasteiger partial charge in [0.05, 0.1) is 15.6 Å². The average Bonchev–Trinajstić information content (AvgIpc) is 2.42. The molecule has 0 aliphatic rings. The zero-order chi connectivity index (χ0) is 15.6. The summed E-state index contributed by atoms with van der Waals surface area (Å²) < 4.78 is 38.9. The molecule has 0 amide bonds. The highest BCUT2D eigenvalue weighted by Gasteiger charge is 2.34. The highest BCUT2D eigenvalue weighted by Crippen LogP contribution is 2.35. The molecule has 112 valence electrons. The lowest BCUT2D eigenvalue weighted by Gasteiger charge is -2.18. The molecule has 0 fully saturated rings. The van der Waals surface area contributed by atoms with E-state index in [0.717, 1.165) is 11.6 Å². The molecule has 0 heterocycles. The Labute approximate surface area is 130 Å². The molecule has 2 N–H and O–H groups in total. The lowest BCUT2D eigenvalue weighted by molar-refractivity contribution is -0.138. The summed E-state index contributed by atoms with van der Waals surface area (Å²) in [6, 6.07) is 9.44. The highest BCUT2D eigenvalue weighted by atomic mass is 35.5. The molecule has 0 aliphatic carbocycles. The Balaban J connectivity index is 2.28. The molecule has 6 heteroatoms. The molecule has 1 atom stereocenters. The summed E-state index contributed by atoms with van der Waals surface area (Å²) >= 11 is 11.7. The largest absolute Gasteiger partial charge is 0.416 e. The molecular formula is C15H12Cl2F3N. The fraction of sp³-hybridized carbons (Fsp3) is 0.200. The molecule has 0 radical (unpaired) electrons. The maximum absolute atomic E-state index is 13.0. The van der Waals surface area contributed by atoms with Gasteiger partial charge in [-0.3, -0.25) is 0 Å². The van der Waals surface area contributed by atoms with E-state index in [2.05, 4.69) is 0 Å². The van der Waals surface area contributed by atoms with Gasteiger partial charge in [-0.15, -0.1) is 0 Å². The molecule has 0 spiro atoms. The number of halogens is 5. The van der Waals surface area contributed by atoms with Crippen LogP contribution in [0.2, 0.25) is 10.0 Å². The van der Waals surface area contributed by atoms with E-state index in [9.17, 15) is 13.2 Å². The quantitative estimate of drug-likeness (QED) is 0.815. The first-order valence-corrected chi connectivity index (χ1v) is 6.90. The van der Waals surface area contributed by atoms with E-state index in [1.165, 1.54) is 12.1 Å². The lowest BCUT2D eigenvalue weighted by Crippen LogP contribution is -2.19. The second kappa shape index (κ2) is 6.26. The van der Waals surface area contributed by atoms with Crippen molar-refractivity contribution in [1.29, 1.82) is 0 Å². The van der Waals surface area contributed by atoms with Crippen LogP contribution < -0.4 is 5.73 Å². The second-order valence-corrected chi connectivity index (χ2v) is 5.46. The summed E-state index contributed by atoms with van der Waals surface area (Å²) in [4.78, 5) is 0. The fourth-order valence-electron chi connectivity index (χ4n) is 2.11. The molecule has 0 bridgehead atoms. The molecule has 2 rings (SSSR count). The van der Waals surface area contributed by atoms with Crippen molar-refractivity contribution in [2.75, 3.05) is 0 Å².